The summed E-state index contributed by atoms with van der Waals surface area (Å²) in [6.07, 6.45) is 0.575. The maximum atomic E-state index is 12.7. The van der Waals surface area contributed by atoms with E-state index >= 15 is 0 Å². The van der Waals surface area contributed by atoms with E-state index in [2.05, 4.69) is 45.4 Å². The number of fused-ring (bicyclic) bond motifs is 1. The summed E-state index contributed by atoms with van der Waals surface area (Å²) in [4.78, 5) is 17.6. The Labute approximate surface area is 203 Å². The van der Waals surface area contributed by atoms with Crippen LogP contribution in [0.15, 0.2) is 48.5 Å². The monoisotopic (exact) mass is 487 g/mol. The summed E-state index contributed by atoms with van der Waals surface area (Å²) in [5, 5.41) is 3.33. The van der Waals surface area contributed by atoms with E-state index in [9.17, 15) is 4.79 Å². The maximum Gasteiger partial charge on any atom is 0.164 e. The van der Waals surface area contributed by atoms with Crippen molar-refractivity contribution in [2.24, 2.45) is 0 Å². The van der Waals surface area contributed by atoms with Gasteiger partial charge in [-0.3, -0.25) is 9.69 Å². The third kappa shape index (κ3) is 7.94. The van der Waals surface area contributed by atoms with E-state index in [0.29, 0.717) is 13.0 Å². The second-order valence-electron chi connectivity index (χ2n) is 7.62. The third-order valence-corrected chi connectivity index (χ3v) is 5.60. The summed E-state index contributed by atoms with van der Waals surface area (Å²) < 4.78 is 5.70. The Balaban J connectivity index is 0.00000160. The van der Waals surface area contributed by atoms with Crippen LogP contribution in [-0.4, -0.2) is 61.5 Å². The molecule has 172 valence electrons. The molecule has 8 heteroatoms. The minimum atomic E-state index is 0. The first-order valence-corrected chi connectivity index (χ1v) is 10.3. The zero-order valence-electron chi connectivity index (χ0n) is 17.6. The van der Waals surface area contributed by atoms with Gasteiger partial charge in [-0.05, 0) is 23.8 Å². The Morgan fingerprint density at radius 2 is 1.65 bits per heavy atom. The molecule has 1 fully saturated rings. The molecule has 2 aromatic carbocycles. The molecule has 0 aliphatic carbocycles. The number of Topliss-reactive ketones (excluding diaryl/α,β-unsaturated/α-hetero) is 1. The molecule has 0 amide bonds. The van der Waals surface area contributed by atoms with E-state index in [1.54, 1.807) is 0 Å². The van der Waals surface area contributed by atoms with Crippen molar-refractivity contribution in [3.63, 3.8) is 0 Å². The molecule has 0 bridgehead atoms. The summed E-state index contributed by atoms with van der Waals surface area (Å²) in [6, 6.07) is 16.5. The van der Waals surface area contributed by atoms with Gasteiger partial charge in [0.2, 0.25) is 0 Å². The van der Waals surface area contributed by atoms with Crippen LogP contribution >= 0.6 is 37.2 Å². The Bertz CT molecular complexity index is 800. The summed E-state index contributed by atoms with van der Waals surface area (Å²) >= 11 is 0. The number of rotatable bonds is 6. The molecule has 1 N–H and O–H groups in total. The summed E-state index contributed by atoms with van der Waals surface area (Å²) in [6.45, 7) is 8.31. The molecule has 4 rings (SSSR count). The number of carbonyl (C=O) groups excluding carboxylic acids is 1. The second-order valence-corrected chi connectivity index (χ2v) is 7.62. The number of piperazine rings is 1. The number of hydrogen-bond acceptors (Lipinski definition) is 5. The van der Waals surface area contributed by atoms with Gasteiger partial charge in [-0.2, -0.15) is 0 Å². The van der Waals surface area contributed by atoms with Crippen molar-refractivity contribution in [3.05, 3.63) is 65.2 Å². The van der Waals surface area contributed by atoms with Crippen LogP contribution in [0.2, 0.25) is 0 Å². The molecule has 2 heterocycles. The molecule has 2 aromatic rings. The van der Waals surface area contributed by atoms with Crippen LogP contribution in [0.25, 0.3) is 0 Å². The number of ether oxygens (including phenoxy) is 1. The summed E-state index contributed by atoms with van der Waals surface area (Å²) in [5.41, 5.74) is 3.25. The van der Waals surface area contributed by atoms with Gasteiger partial charge in [0.15, 0.2) is 5.78 Å². The molecule has 2 aliphatic heterocycles. The zero-order chi connectivity index (χ0) is 19.2. The van der Waals surface area contributed by atoms with Crippen molar-refractivity contribution in [3.8, 4) is 5.75 Å². The first kappa shape index (κ1) is 27.7. The average molecular weight is 489 g/mol. The van der Waals surface area contributed by atoms with E-state index in [1.165, 1.54) is 5.56 Å². The quantitative estimate of drug-likeness (QED) is 0.626. The predicted molar refractivity (Wildman–Crippen MR) is 132 cm³/mol. The second kappa shape index (κ2) is 13.9. The number of nitrogens with one attached hydrogen (secondary N) is 1. The molecule has 0 atom stereocenters. The van der Waals surface area contributed by atoms with Crippen LogP contribution in [0.4, 0.5) is 0 Å². The summed E-state index contributed by atoms with van der Waals surface area (Å²) in [5.74, 6) is 1.12. The average Bonchev–Trinajstić information content (AvgIpc) is 2.98. The van der Waals surface area contributed by atoms with Crippen LogP contribution in [0.3, 0.4) is 0 Å². The van der Waals surface area contributed by atoms with Gasteiger partial charge in [-0.25, -0.2) is 0 Å². The maximum absolute atomic E-state index is 12.7. The molecule has 5 nitrogen and oxygen atoms in total. The van der Waals surface area contributed by atoms with Crippen molar-refractivity contribution in [2.75, 3.05) is 45.9 Å². The predicted octanol–water partition coefficient (Wildman–Crippen LogP) is 3.82. The number of ketones is 1. The third-order valence-electron chi connectivity index (χ3n) is 5.60. The Morgan fingerprint density at radius 3 is 2.39 bits per heavy atom. The van der Waals surface area contributed by atoms with Gasteiger partial charge in [0, 0.05) is 69.9 Å². The van der Waals surface area contributed by atoms with E-state index in [1.807, 2.05) is 18.2 Å². The molecule has 0 aromatic heterocycles. The van der Waals surface area contributed by atoms with Crippen molar-refractivity contribution in [2.45, 2.75) is 19.5 Å². The lowest BCUT2D eigenvalue weighted by molar-refractivity contribution is 0.0922. The highest BCUT2D eigenvalue weighted by Gasteiger charge is 2.18. The smallest absolute Gasteiger partial charge is 0.164 e. The highest BCUT2D eigenvalue weighted by Crippen LogP contribution is 2.22. The standard InChI is InChI=1S/C23H29N3O2.3ClH/c27-22(20-6-7-23-21(16-20)17-24-9-15-28-23)8-10-25-11-13-26(14-12-25)18-19-4-2-1-3-5-19;;;/h1-7,16,24H,8-15,17-18H2;3*1H. The first-order valence-electron chi connectivity index (χ1n) is 10.3. The largest absolute Gasteiger partial charge is 0.492 e. The van der Waals surface area contributed by atoms with Gasteiger partial charge in [0.1, 0.15) is 12.4 Å². The van der Waals surface area contributed by atoms with Gasteiger partial charge < -0.3 is 15.0 Å². The number of hydrogen-bond donors (Lipinski definition) is 1. The minimum Gasteiger partial charge on any atom is -0.492 e. The fourth-order valence-corrected chi connectivity index (χ4v) is 3.90. The minimum absolute atomic E-state index is 0. The lowest BCUT2D eigenvalue weighted by Gasteiger charge is -2.34. The van der Waals surface area contributed by atoms with Gasteiger partial charge >= 0.3 is 0 Å². The van der Waals surface area contributed by atoms with Crippen LogP contribution in [0.1, 0.15) is 27.9 Å². The van der Waals surface area contributed by atoms with E-state index in [-0.39, 0.29) is 43.0 Å². The number of benzene rings is 2. The summed E-state index contributed by atoms with van der Waals surface area (Å²) in [7, 11) is 0. The Kier molecular flexibility index (Phi) is 12.5. The SMILES string of the molecule is Cl.Cl.Cl.O=C(CCN1CCN(Cc2ccccc2)CC1)c1ccc2c(c1)CNCCO2. The van der Waals surface area contributed by atoms with E-state index in [4.69, 9.17) is 4.74 Å². The van der Waals surface area contributed by atoms with Gasteiger partial charge in [0.05, 0.1) is 0 Å². The molecule has 0 saturated carbocycles. The fraction of sp³-hybridized carbons (Fsp3) is 0.435. The molecule has 0 spiro atoms. The number of nitrogens with zero attached hydrogens (tertiary/aromatic N) is 2. The first-order chi connectivity index (χ1) is 13.8. The van der Waals surface area contributed by atoms with Crippen molar-refractivity contribution >= 4 is 43.0 Å². The van der Waals surface area contributed by atoms with E-state index < -0.39 is 0 Å². The fourth-order valence-electron chi connectivity index (χ4n) is 3.90. The molecular formula is C23H32Cl3N3O2. The van der Waals surface area contributed by atoms with Gasteiger partial charge in [0.25, 0.3) is 0 Å². The molecular weight excluding hydrogens is 457 g/mol. The van der Waals surface area contributed by atoms with Crippen LogP contribution < -0.4 is 10.1 Å². The van der Waals surface area contributed by atoms with Crippen LogP contribution in [0.5, 0.6) is 5.75 Å². The normalized spacial score (nSPS) is 16.4. The van der Waals surface area contributed by atoms with Crippen LogP contribution in [-0.2, 0) is 13.1 Å². The Morgan fingerprint density at radius 1 is 0.935 bits per heavy atom. The van der Waals surface area contributed by atoms with E-state index in [0.717, 1.165) is 69.2 Å². The van der Waals surface area contributed by atoms with Crippen molar-refractivity contribution in [1.29, 1.82) is 0 Å². The molecule has 0 radical (unpaired) electrons. The number of carbonyl (C=O) groups is 1. The topological polar surface area (TPSA) is 44.8 Å². The molecule has 0 unspecified atom stereocenters. The van der Waals surface area contributed by atoms with Crippen molar-refractivity contribution < 1.29 is 9.53 Å². The molecule has 2 aliphatic rings. The lowest BCUT2D eigenvalue weighted by Crippen LogP contribution is -2.46. The zero-order valence-corrected chi connectivity index (χ0v) is 20.1. The highest BCUT2D eigenvalue weighted by atomic mass is 35.5. The van der Waals surface area contributed by atoms with Gasteiger partial charge in [-0.15, -0.1) is 37.2 Å². The highest BCUT2D eigenvalue weighted by molar-refractivity contribution is 5.96. The Hall–Kier alpha value is -1.34. The number of halogens is 3. The van der Waals surface area contributed by atoms with Crippen molar-refractivity contribution in [1.82, 2.24) is 15.1 Å². The molecule has 1 saturated heterocycles. The van der Waals surface area contributed by atoms with Gasteiger partial charge in [-0.1, -0.05) is 30.3 Å². The molecule has 31 heavy (non-hydrogen) atoms. The lowest BCUT2D eigenvalue weighted by atomic mass is 10.0. The van der Waals surface area contributed by atoms with Crippen LogP contribution in [0, 0.1) is 0 Å².